The largest absolute Gasteiger partial charge is 0.447 e. The van der Waals surface area contributed by atoms with Crippen LogP contribution in [-0.2, 0) is 9.47 Å². The number of carbonyl (C=O) groups excluding carboxylic acids is 1. The first-order valence-electron chi connectivity index (χ1n) is 3.87. The second kappa shape index (κ2) is 2.70. The van der Waals surface area contributed by atoms with E-state index in [2.05, 4.69) is 5.32 Å². The maximum absolute atomic E-state index is 10.6. The summed E-state index contributed by atoms with van der Waals surface area (Å²) in [4.78, 5) is 10.6. The van der Waals surface area contributed by atoms with E-state index in [-0.39, 0.29) is 12.1 Å². The van der Waals surface area contributed by atoms with E-state index in [0.29, 0.717) is 12.5 Å². The molecule has 2 aliphatic heterocycles. The molecule has 4 nitrogen and oxygen atoms in total. The van der Waals surface area contributed by atoms with Crippen LogP contribution in [0.25, 0.3) is 0 Å². The minimum Gasteiger partial charge on any atom is -0.447 e. The Morgan fingerprint density at radius 1 is 1.45 bits per heavy atom. The molecule has 2 atom stereocenters. The van der Waals surface area contributed by atoms with Crippen molar-refractivity contribution in [2.75, 3.05) is 19.8 Å². The van der Waals surface area contributed by atoms with E-state index in [9.17, 15) is 4.79 Å². The van der Waals surface area contributed by atoms with Gasteiger partial charge in [-0.15, -0.1) is 0 Å². The lowest BCUT2D eigenvalue weighted by Gasteiger charge is -2.12. The van der Waals surface area contributed by atoms with Crippen molar-refractivity contribution >= 4 is 6.09 Å². The summed E-state index contributed by atoms with van der Waals surface area (Å²) in [7, 11) is 0. The van der Waals surface area contributed by atoms with Crippen LogP contribution in [0.1, 0.15) is 6.42 Å². The molecule has 0 saturated carbocycles. The lowest BCUT2D eigenvalue weighted by atomic mass is 10.0. The molecule has 1 N–H and O–H groups in total. The van der Waals surface area contributed by atoms with Crippen molar-refractivity contribution in [3.8, 4) is 0 Å². The quantitative estimate of drug-likeness (QED) is 0.588. The highest BCUT2D eigenvalue weighted by atomic mass is 16.6. The molecule has 2 rings (SSSR count). The molecule has 0 radical (unpaired) electrons. The molecule has 11 heavy (non-hydrogen) atoms. The minimum atomic E-state index is -0.290. The first-order chi connectivity index (χ1) is 5.36. The molecule has 0 aromatic heterocycles. The highest BCUT2D eigenvalue weighted by Gasteiger charge is 2.32. The topological polar surface area (TPSA) is 47.6 Å². The van der Waals surface area contributed by atoms with E-state index in [1.54, 1.807) is 0 Å². The first-order valence-corrected chi connectivity index (χ1v) is 3.87. The summed E-state index contributed by atoms with van der Waals surface area (Å²) in [5.41, 5.74) is 0. The van der Waals surface area contributed by atoms with E-state index in [1.165, 1.54) is 0 Å². The number of nitrogens with one attached hydrogen (secondary N) is 1. The van der Waals surface area contributed by atoms with Crippen LogP contribution in [0.3, 0.4) is 0 Å². The van der Waals surface area contributed by atoms with Gasteiger partial charge in [-0.25, -0.2) is 4.79 Å². The molecule has 0 spiro atoms. The summed E-state index contributed by atoms with van der Waals surface area (Å²) in [6, 6.07) is 0.185. The van der Waals surface area contributed by atoms with Gasteiger partial charge >= 0.3 is 6.09 Å². The molecule has 4 heteroatoms. The van der Waals surface area contributed by atoms with Crippen molar-refractivity contribution in [2.24, 2.45) is 5.92 Å². The van der Waals surface area contributed by atoms with Gasteiger partial charge in [0.2, 0.25) is 0 Å². The average Bonchev–Trinajstić information content (AvgIpc) is 2.55. The second-order valence-electron chi connectivity index (χ2n) is 2.97. The van der Waals surface area contributed by atoms with Gasteiger partial charge in [0.05, 0.1) is 12.6 Å². The third-order valence-corrected chi connectivity index (χ3v) is 2.23. The van der Waals surface area contributed by atoms with Crippen molar-refractivity contribution in [1.82, 2.24) is 5.32 Å². The number of alkyl carbamates (subject to hydrolysis) is 1. The van der Waals surface area contributed by atoms with Gasteiger partial charge in [-0.05, 0) is 6.42 Å². The summed E-state index contributed by atoms with van der Waals surface area (Å²) < 4.78 is 9.97. The maximum Gasteiger partial charge on any atom is 0.407 e. The molecular weight excluding hydrogens is 146 g/mol. The highest BCUT2D eigenvalue weighted by Crippen LogP contribution is 2.19. The van der Waals surface area contributed by atoms with E-state index in [0.717, 1.165) is 19.6 Å². The minimum absolute atomic E-state index is 0.185. The molecule has 2 fully saturated rings. The second-order valence-corrected chi connectivity index (χ2v) is 2.97. The highest BCUT2D eigenvalue weighted by molar-refractivity contribution is 5.69. The molecule has 0 aromatic carbocycles. The zero-order chi connectivity index (χ0) is 7.68. The number of carbonyl (C=O) groups is 1. The summed E-state index contributed by atoms with van der Waals surface area (Å²) >= 11 is 0. The van der Waals surface area contributed by atoms with Gasteiger partial charge in [-0.3, -0.25) is 0 Å². The number of hydrogen-bond acceptors (Lipinski definition) is 3. The van der Waals surface area contributed by atoms with Crippen LogP contribution in [0.15, 0.2) is 0 Å². The van der Waals surface area contributed by atoms with Crippen LogP contribution in [-0.4, -0.2) is 32.0 Å². The van der Waals surface area contributed by atoms with Crippen molar-refractivity contribution in [3.63, 3.8) is 0 Å². The Kier molecular flexibility index (Phi) is 1.69. The Labute approximate surface area is 64.9 Å². The lowest BCUT2D eigenvalue weighted by molar-refractivity contribution is 0.166. The van der Waals surface area contributed by atoms with E-state index in [4.69, 9.17) is 9.47 Å². The predicted molar refractivity (Wildman–Crippen MR) is 37.2 cm³/mol. The van der Waals surface area contributed by atoms with Crippen LogP contribution < -0.4 is 5.32 Å². The van der Waals surface area contributed by atoms with E-state index >= 15 is 0 Å². The molecule has 0 bridgehead atoms. The number of hydrogen-bond donors (Lipinski definition) is 1. The maximum atomic E-state index is 10.6. The molecule has 2 aliphatic rings. The Bertz CT molecular complexity index is 165. The van der Waals surface area contributed by atoms with Gasteiger partial charge in [-0.1, -0.05) is 0 Å². The Hall–Kier alpha value is -0.770. The fourth-order valence-electron chi connectivity index (χ4n) is 1.52. The third kappa shape index (κ3) is 1.30. The standard InChI is InChI=1S/C7H11NO3/c9-7-8-6(4-11-7)5-1-2-10-3-5/h5-6H,1-4H2,(H,8,9). The number of rotatable bonds is 1. The zero-order valence-corrected chi connectivity index (χ0v) is 6.21. The number of cyclic esters (lactones) is 1. The van der Waals surface area contributed by atoms with Crippen LogP contribution in [0, 0.1) is 5.92 Å². The Morgan fingerprint density at radius 3 is 2.91 bits per heavy atom. The summed E-state index contributed by atoms with van der Waals surface area (Å²) in [6.07, 6.45) is 0.746. The van der Waals surface area contributed by atoms with Crippen LogP contribution in [0.4, 0.5) is 4.79 Å². The Morgan fingerprint density at radius 2 is 2.36 bits per heavy atom. The van der Waals surface area contributed by atoms with Gasteiger partial charge in [0.25, 0.3) is 0 Å². The molecule has 0 aromatic rings. The van der Waals surface area contributed by atoms with Crippen LogP contribution in [0.5, 0.6) is 0 Å². The summed E-state index contributed by atoms with van der Waals surface area (Å²) in [6.45, 7) is 2.08. The van der Waals surface area contributed by atoms with Gasteiger partial charge in [0, 0.05) is 12.5 Å². The van der Waals surface area contributed by atoms with Crippen molar-refractivity contribution in [1.29, 1.82) is 0 Å². The molecule has 62 valence electrons. The summed E-state index contributed by atoms with van der Waals surface area (Å²) in [5, 5.41) is 2.75. The SMILES string of the molecule is O=C1NC(C2CCOC2)CO1. The van der Waals surface area contributed by atoms with Crippen LogP contribution in [0.2, 0.25) is 0 Å². The summed E-state index contributed by atoms with van der Waals surface area (Å²) in [5.74, 6) is 0.460. The fourth-order valence-corrected chi connectivity index (χ4v) is 1.52. The van der Waals surface area contributed by atoms with E-state index < -0.39 is 0 Å². The fraction of sp³-hybridized carbons (Fsp3) is 0.857. The Balaban J connectivity index is 1.90. The average molecular weight is 157 g/mol. The molecule has 2 heterocycles. The van der Waals surface area contributed by atoms with Crippen molar-refractivity contribution < 1.29 is 14.3 Å². The van der Waals surface area contributed by atoms with Crippen molar-refractivity contribution in [2.45, 2.75) is 12.5 Å². The smallest absolute Gasteiger partial charge is 0.407 e. The molecule has 2 unspecified atom stereocenters. The predicted octanol–water partition coefficient (Wildman–Crippen LogP) is 0.131. The van der Waals surface area contributed by atoms with Gasteiger partial charge in [-0.2, -0.15) is 0 Å². The van der Waals surface area contributed by atoms with Crippen molar-refractivity contribution in [3.05, 3.63) is 0 Å². The molecule has 0 aliphatic carbocycles. The van der Waals surface area contributed by atoms with Gasteiger partial charge in [0.1, 0.15) is 6.61 Å². The third-order valence-electron chi connectivity index (χ3n) is 2.23. The monoisotopic (exact) mass is 157 g/mol. The van der Waals surface area contributed by atoms with Gasteiger partial charge < -0.3 is 14.8 Å². The zero-order valence-electron chi connectivity index (χ0n) is 6.21. The molecule has 2 saturated heterocycles. The van der Waals surface area contributed by atoms with E-state index in [1.807, 2.05) is 0 Å². The first kappa shape index (κ1) is 6.91. The lowest BCUT2D eigenvalue weighted by Crippen LogP contribution is -2.34. The van der Waals surface area contributed by atoms with Gasteiger partial charge in [0.15, 0.2) is 0 Å². The molecule has 1 amide bonds. The number of ether oxygens (including phenoxy) is 2. The molecular formula is C7H11NO3. The number of amides is 1. The normalized spacial score (nSPS) is 36.9. The van der Waals surface area contributed by atoms with Crippen LogP contribution >= 0.6 is 0 Å².